The fourth-order valence-electron chi connectivity index (χ4n) is 5.90. The number of likely N-dealkylation sites (N-methyl/N-ethyl adjacent to an activating group) is 1. The van der Waals surface area contributed by atoms with Gasteiger partial charge in [0.1, 0.15) is 13.2 Å². The van der Waals surface area contributed by atoms with Crippen molar-refractivity contribution in [3.8, 4) is 0 Å². The van der Waals surface area contributed by atoms with Crippen molar-refractivity contribution < 1.29 is 42.9 Å². The molecule has 0 fully saturated rings. The van der Waals surface area contributed by atoms with E-state index in [2.05, 4.69) is 86.8 Å². The number of quaternary nitrogens is 1. The molecule has 0 aromatic carbocycles. The van der Waals surface area contributed by atoms with Gasteiger partial charge in [0.25, 0.3) is 6.29 Å². The van der Waals surface area contributed by atoms with Gasteiger partial charge in [0.05, 0.1) is 34.4 Å². The van der Waals surface area contributed by atoms with Crippen molar-refractivity contribution in [2.24, 2.45) is 0 Å². The molecule has 338 valence electrons. The van der Waals surface area contributed by atoms with Crippen LogP contribution in [0.3, 0.4) is 0 Å². The average Bonchev–Trinajstić information content (AvgIpc) is 3.19. The molecule has 0 heterocycles. The van der Waals surface area contributed by atoms with E-state index in [4.69, 9.17) is 18.9 Å². The van der Waals surface area contributed by atoms with Gasteiger partial charge in [0, 0.05) is 12.8 Å². The summed E-state index contributed by atoms with van der Waals surface area (Å²) in [6.45, 7) is 4.70. The first-order valence-corrected chi connectivity index (χ1v) is 23.1. The SMILES string of the molecule is CC/C=C\C/C=C\C/C=C\C/C=C\C/C=C\C/C=C\CCCCCCC(=O)OC(COC(=O)CCCCCCCCCCCCC)COC(OCC[N+](C)(C)C)C(=O)O. The molecule has 0 rings (SSSR count). The lowest BCUT2D eigenvalue weighted by Crippen LogP contribution is -2.40. The van der Waals surface area contributed by atoms with Gasteiger partial charge in [-0.05, 0) is 64.2 Å². The summed E-state index contributed by atoms with van der Waals surface area (Å²) in [6, 6.07) is 0. The van der Waals surface area contributed by atoms with Crippen LogP contribution < -0.4 is 0 Å². The molecule has 2 unspecified atom stereocenters. The first-order chi connectivity index (χ1) is 28.6. The van der Waals surface area contributed by atoms with Crippen molar-refractivity contribution in [2.75, 3.05) is 47.5 Å². The zero-order valence-electron chi connectivity index (χ0n) is 38.1. The lowest BCUT2D eigenvalue weighted by Gasteiger charge is -2.25. The van der Waals surface area contributed by atoms with Crippen LogP contribution in [0, 0.1) is 0 Å². The van der Waals surface area contributed by atoms with E-state index in [9.17, 15) is 19.5 Å². The first-order valence-electron chi connectivity index (χ1n) is 23.1. The second-order valence-corrected chi connectivity index (χ2v) is 16.3. The topological polar surface area (TPSA) is 108 Å². The van der Waals surface area contributed by atoms with Crippen LogP contribution >= 0.6 is 0 Å². The molecule has 0 saturated heterocycles. The number of carboxylic acid groups (broad SMARTS) is 1. The van der Waals surface area contributed by atoms with Gasteiger partial charge in [-0.25, -0.2) is 4.79 Å². The van der Waals surface area contributed by atoms with Crippen LogP contribution in [0.25, 0.3) is 0 Å². The highest BCUT2D eigenvalue weighted by Crippen LogP contribution is 2.13. The van der Waals surface area contributed by atoms with E-state index in [1.165, 1.54) is 51.4 Å². The Balaban J connectivity index is 4.45. The van der Waals surface area contributed by atoms with Gasteiger partial charge in [-0.3, -0.25) is 9.59 Å². The largest absolute Gasteiger partial charge is 0.477 e. The minimum atomic E-state index is -1.52. The molecule has 1 N–H and O–H groups in total. The first kappa shape index (κ1) is 55.7. The Morgan fingerprint density at radius 3 is 1.44 bits per heavy atom. The molecule has 0 aromatic heterocycles. The summed E-state index contributed by atoms with van der Waals surface area (Å²) in [7, 11) is 5.94. The minimum Gasteiger partial charge on any atom is -0.477 e. The van der Waals surface area contributed by atoms with Crippen LogP contribution in [0.2, 0.25) is 0 Å². The average molecular weight is 829 g/mol. The standard InChI is InChI=1S/C50H85NO8/c1-6-8-10-12-14-16-18-19-20-21-22-23-24-25-26-27-28-29-31-33-35-37-39-41-48(53)59-46(45-58-50(49(54)55)56-43-42-51(3,4)5)44-57-47(52)40-38-36-34-32-30-17-15-13-11-9-7-2/h8,10,14,16,19-20,22-23,25-26,28-29,46,50H,6-7,9,11-13,15,17-18,21,24,27,30-45H2,1-5H3/p+1/b10-8-,16-14-,20-19-,23-22-,26-25-,29-28-. The monoisotopic (exact) mass is 829 g/mol. The summed E-state index contributed by atoms with van der Waals surface area (Å²) < 4.78 is 22.7. The van der Waals surface area contributed by atoms with Crippen molar-refractivity contribution in [2.45, 2.75) is 180 Å². The molecule has 0 spiro atoms. The van der Waals surface area contributed by atoms with E-state index in [0.29, 0.717) is 23.9 Å². The van der Waals surface area contributed by atoms with Crippen LogP contribution in [0.4, 0.5) is 0 Å². The molecule has 59 heavy (non-hydrogen) atoms. The van der Waals surface area contributed by atoms with E-state index in [1.807, 2.05) is 21.1 Å². The molecule has 0 bridgehead atoms. The smallest absolute Gasteiger partial charge is 0.361 e. The molecular formula is C50H86NO8+. The third-order valence-electron chi connectivity index (χ3n) is 9.48. The molecule has 0 aromatic rings. The molecule has 9 nitrogen and oxygen atoms in total. The van der Waals surface area contributed by atoms with Crippen molar-refractivity contribution in [3.05, 3.63) is 72.9 Å². The number of hydrogen-bond acceptors (Lipinski definition) is 7. The number of nitrogens with zero attached hydrogens (tertiary/aromatic N) is 1. The van der Waals surface area contributed by atoms with E-state index in [1.54, 1.807) is 0 Å². The maximum absolute atomic E-state index is 12.8. The second kappa shape index (κ2) is 41.5. The van der Waals surface area contributed by atoms with Crippen LogP contribution in [0.1, 0.15) is 168 Å². The number of carbonyl (C=O) groups excluding carboxylic acids is 2. The van der Waals surface area contributed by atoms with Crippen LogP contribution in [0.5, 0.6) is 0 Å². The molecule has 0 saturated carbocycles. The number of unbranched alkanes of at least 4 members (excludes halogenated alkanes) is 14. The highest BCUT2D eigenvalue weighted by molar-refractivity contribution is 5.71. The quantitative estimate of drug-likeness (QED) is 0.0213. The summed E-state index contributed by atoms with van der Waals surface area (Å²) >= 11 is 0. The number of carboxylic acids is 1. The number of allylic oxidation sites excluding steroid dienone is 12. The number of esters is 2. The van der Waals surface area contributed by atoms with Gasteiger partial charge in [-0.15, -0.1) is 0 Å². The highest BCUT2D eigenvalue weighted by Gasteiger charge is 2.25. The van der Waals surface area contributed by atoms with Gasteiger partial charge < -0.3 is 28.5 Å². The Bertz CT molecular complexity index is 1200. The fourth-order valence-corrected chi connectivity index (χ4v) is 5.90. The Morgan fingerprint density at radius 1 is 0.525 bits per heavy atom. The zero-order valence-corrected chi connectivity index (χ0v) is 38.1. The highest BCUT2D eigenvalue weighted by atomic mass is 16.7. The molecule has 0 aliphatic rings. The maximum atomic E-state index is 12.8. The summed E-state index contributed by atoms with van der Waals surface area (Å²) in [5.41, 5.74) is 0. The Kier molecular flexibility index (Phi) is 39.2. The number of aliphatic carboxylic acids is 1. The molecular weight excluding hydrogens is 743 g/mol. The summed E-state index contributed by atoms with van der Waals surface area (Å²) in [4.78, 5) is 37.1. The third kappa shape index (κ3) is 42.7. The van der Waals surface area contributed by atoms with Crippen molar-refractivity contribution in [1.82, 2.24) is 0 Å². The van der Waals surface area contributed by atoms with Crippen LogP contribution in [0.15, 0.2) is 72.9 Å². The molecule has 2 atom stereocenters. The Labute approximate surface area is 360 Å². The molecule has 0 aliphatic carbocycles. The number of rotatable bonds is 41. The number of ether oxygens (including phenoxy) is 4. The Hall–Kier alpha value is -3.27. The van der Waals surface area contributed by atoms with Crippen LogP contribution in [-0.2, 0) is 33.3 Å². The Morgan fingerprint density at radius 2 is 0.966 bits per heavy atom. The molecule has 0 radical (unpaired) electrons. The van der Waals surface area contributed by atoms with E-state index in [-0.39, 0.29) is 32.2 Å². The second-order valence-electron chi connectivity index (χ2n) is 16.3. The van der Waals surface area contributed by atoms with Crippen molar-refractivity contribution in [1.29, 1.82) is 0 Å². The van der Waals surface area contributed by atoms with Gasteiger partial charge >= 0.3 is 17.9 Å². The van der Waals surface area contributed by atoms with Crippen LogP contribution in [-0.4, -0.2) is 87.4 Å². The zero-order chi connectivity index (χ0) is 43.5. The number of hydrogen-bond donors (Lipinski definition) is 1. The predicted octanol–water partition coefficient (Wildman–Crippen LogP) is 12.3. The van der Waals surface area contributed by atoms with Gasteiger partial charge in [-0.1, -0.05) is 164 Å². The predicted molar refractivity (Wildman–Crippen MR) is 244 cm³/mol. The lowest BCUT2D eigenvalue weighted by atomic mass is 10.1. The summed E-state index contributed by atoms with van der Waals surface area (Å²) in [5, 5.41) is 9.63. The molecule has 0 amide bonds. The lowest BCUT2D eigenvalue weighted by molar-refractivity contribution is -0.870. The molecule has 9 heteroatoms. The molecule has 0 aliphatic heterocycles. The van der Waals surface area contributed by atoms with E-state index in [0.717, 1.165) is 83.5 Å². The van der Waals surface area contributed by atoms with Gasteiger partial charge in [0.15, 0.2) is 6.10 Å². The minimum absolute atomic E-state index is 0.180. The van der Waals surface area contributed by atoms with Crippen molar-refractivity contribution >= 4 is 17.9 Å². The third-order valence-corrected chi connectivity index (χ3v) is 9.48. The van der Waals surface area contributed by atoms with E-state index >= 15 is 0 Å². The van der Waals surface area contributed by atoms with Gasteiger partial charge in [0.2, 0.25) is 0 Å². The normalized spacial score (nSPS) is 13.6. The summed E-state index contributed by atoms with van der Waals surface area (Å²) in [6.07, 6.45) is 48.2. The van der Waals surface area contributed by atoms with Crippen molar-refractivity contribution in [3.63, 3.8) is 0 Å². The fraction of sp³-hybridized carbons (Fsp3) is 0.700. The number of carbonyl (C=O) groups is 3. The maximum Gasteiger partial charge on any atom is 0.361 e. The summed E-state index contributed by atoms with van der Waals surface area (Å²) in [5.74, 6) is -2.05. The van der Waals surface area contributed by atoms with Gasteiger partial charge in [-0.2, -0.15) is 0 Å². The van der Waals surface area contributed by atoms with E-state index < -0.39 is 24.3 Å².